The molecule has 0 fully saturated rings. The first-order valence-electron chi connectivity index (χ1n) is 10.2. The van der Waals surface area contributed by atoms with E-state index in [4.69, 9.17) is 4.74 Å². The number of sulfonamides is 1. The Balaban J connectivity index is 1.92. The Morgan fingerprint density at radius 2 is 1.83 bits per heavy atom. The second kappa shape index (κ2) is 8.30. The van der Waals surface area contributed by atoms with Crippen LogP contribution in [0.2, 0.25) is 0 Å². The zero-order valence-electron chi connectivity index (χ0n) is 18.2. The Labute approximate surface area is 179 Å². The molecule has 2 aromatic carbocycles. The molecular formula is C23H30N2O4S. The number of ether oxygens (including phenoxy) is 1. The number of carbonyl (C=O) groups is 1. The molecule has 30 heavy (non-hydrogen) atoms. The highest BCUT2D eigenvalue weighted by Crippen LogP contribution is 2.39. The van der Waals surface area contributed by atoms with Gasteiger partial charge >= 0.3 is 0 Å². The van der Waals surface area contributed by atoms with Crippen molar-refractivity contribution in [3.8, 4) is 5.75 Å². The Morgan fingerprint density at radius 1 is 1.20 bits per heavy atom. The number of nitrogens with one attached hydrogen (secondary N) is 1. The van der Waals surface area contributed by atoms with Crippen molar-refractivity contribution in [1.82, 2.24) is 5.32 Å². The molecule has 0 bridgehead atoms. The zero-order valence-corrected chi connectivity index (χ0v) is 19.0. The maximum atomic E-state index is 13.3. The number of hydrogen-bond donors (Lipinski definition) is 1. The van der Waals surface area contributed by atoms with Crippen LogP contribution in [0.4, 0.5) is 5.69 Å². The van der Waals surface area contributed by atoms with Gasteiger partial charge in [-0.2, -0.15) is 0 Å². The smallest absolute Gasteiger partial charge is 0.244 e. The van der Waals surface area contributed by atoms with Gasteiger partial charge in [0.1, 0.15) is 17.4 Å². The predicted octanol–water partition coefficient (Wildman–Crippen LogP) is 3.96. The molecule has 162 valence electrons. The van der Waals surface area contributed by atoms with Gasteiger partial charge in [-0.1, -0.05) is 42.8 Å². The lowest BCUT2D eigenvalue weighted by atomic mass is 9.89. The molecule has 0 unspecified atom stereocenters. The van der Waals surface area contributed by atoms with E-state index >= 15 is 0 Å². The van der Waals surface area contributed by atoms with Crippen LogP contribution in [-0.2, 0) is 14.8 Å². The standard InChI is InChI=1S/C23H30N2O4S/c1-6-20(25(30(5,27)28)17-13-11-16(2)12-14-17)22(26)24-19-15-23(3,4)29-21-10-8-7-9-18(19)21/h7-14,19-20H,6,15H2,1-5H3,(H,24,26)/t19-,20+/m0/s1. The summed E-state index contributed by atoms with van der Waals surface area (Å²) in [5.74, 6) is 0.423. The first-order valence-corrected chi connectivity index (χ1v) is 12.0. The van der Waals surface area contributed by atoms with Gasteiger partial charge in [-0.3, -0.25) is 9.10 Å². The third kappa shape index (κ3) is 4.78. The van der Waals surface area contributed by atoms with Crippen LogP contribution in [0.15, 0.2) is 48.5 Å². The van der Waals surface area contributed by atoms with Crippen LogP contribution in [0.3, 0.4) is 0 Å². The first kappa shape index (κ1) is 22.2. The predicted molar refractivity (Wildman–Crippen MR) is 119 cm³/mol. The van der Waals surface area contributed by atoms with Crippen LogP contribution in [0, 0.1) is 6.92 Å². The fraction of sp³-hybridized carbons (Fsp3) is 0.435. The maximum Gasteiger partial charge on any atom is 0.244 e. The van der Waals surface area contributed by atoms with Gasteiger partial charge in [0.05, 0.1) is 18.0 Å². The molecular weight excluding hydrogens is 400 g/mol. The minimum Gasteiger partial charge on any atom is -0.487 e. The van der Waals surface area contributed by atoms with E-state index in [0.29, 0.717) is 18.5 Å². The highest BCUT2D eigenvalue weighted by atomic mass is 32.2. The van der Waals surface area contributed by atoms with Gasteiger partial charge in [0, 0.05) is 12.0 Å². The SMILES string of the molecule is CC[C@H](C(=O)N[C@H]1CC(C)(C)Oc2ccccc21)N(c1ccc(C)cc1)S(C)(=O)=O. The van der Waals surface area contributed by atoms with Crippen molar-refractivity contribution < 1.29 is 17.9 Å². The van der Waals surface area contributed by atoms with Crippen molar-refractivity contribution in [3.05, 3.63) is 59.7 Å². The number of benzene rings is 2. The van der Waals surface area contributed by atoms with Gasteiger partial charge < -0.3 is 10.1 Å². The Kier molecular flexibility index (Phi) is 6.13. The van der Waals surface area contributed by atoms with Crippen molar-refractivity contribution in [1.29, 1.82) is 0 Å². The minimum atomic E-state index is -3.66. The molecule has 7 heteroatoms. The van der Waals surface area contributed by atoms with E-state index < -0.39 is 21.7 Å². The molecule has 0 radical (unpaired) electrons. The maximum absolute atomic E-state index is 13.3. The number of aryl methyl sites for hydroxylation is 1. The largest absolute Gasteiger partial charge is 0.487 e. The topological polar surface area (TPSA) is 75.7 Å². The molecule has 3 rings (SSSR count). The fourth-order valence-corrected chi connectivity index (χ4v) is 5.16. The number of carbonyl (C=O) groups excluding carboxylic acids is 1. The molecule has 0 saturated carbocycles. The van der Waals surface area contributed by atoms with E-state index in [1.165, 1.54) is 4.31 Å². The first-order chi connectivity index (χ1) is 14.0. The summed E-state index contributed by atoms with van der Waals surface area (Å²) in [4.78, 5) is 13.3. The third-order valence-electron chi connectivity index (χ3n) is 5.31. The normalized spacial score (nSPS) is 18.6. The van der Waals surface area contributed by atoms with Crippen LogP contribution in [0.1, 0.15) is 50.8 Å². The molecule has 1 aliphatic rings. The summed E-state index contributed by atoms with van der Waals surface area (Å²) < 4.78 is 32.5. The van der Waals surface area contributed by atoms with E-state index in [2.05, 4.69) is 5.32 Å². The second-order valence-electron chi connectivity index (χ2n) is 8.48. The highest BCUT2D eigenvalue weighted by molar-refractivity contribution is 7.92. The van der Waals surface area contributed by atoms with E-state index in [0.717, 1.165) is 23.1 Å². The van der Waals surface area contributed by atoms with Gasteiger partial charge in [0.25, 0.3) is 0 Å². The summed E-state index contributed by atoms with van der Waals surface area (Å²) in [6.45, 7) is 7.71. The Morgan fingerprint density at radius 3 is 2.43 bits per heavy atom. The van der Waals surface area contributed by atoms with Crippen LogP contribution < -0.4 is 14.4 Å². The number of nitrogens with zero attached hydrogens (tertiary/aromatic N) is 1. The molecule has 0 aliphatic carbocycles. The molecule has 1 N–H and O–H groups in total. The summed E-state index contributed by atoms with van der Waals surface area (Å²) >= 11 is 0. The van der Waals surface area contributed by atoms with Gasteiger partial charge in [0.15, 0.2) is 0 Å². The Bertz CT molecular complexity index is 1020. The minimum absolute atomic E-state index is 0.258. The number of amides is 1. The number of hydrogen-bond acceptors (Lipinski definition) is 4. The van der Waals surface area contributed by atoms with Crippen molar-refractivity contribution in [2.45, 2.75) is 58.2 Å². The number of para-hydroxylation sites is 1. The number of fused-ring (bicyclic) bond motifs is 1. The molecule has 2 aromatic rings. The lowest BCUT2D eigenvalue weighted by Gasteiger charge is -2.39. The lowest BCUT2D eigenvalue weighted by Crippen LogP contribution is -2.51. The summed E-state index contributed by atoms with van der Waals surface area (Å²) in [6.07, 6.45) is 2.08. The van der Waals surface area contributed by atoms with E-state index in [9.17, 15) is 13.2 Å². The monoisotopic (exact) mass is 430 g/mol. The average Bonchev–Trinajstić information content (AvgIpc) is 2.65. The van der Waals surface area contributed by atoms with Crippen LogP contribution in [0.5, 0.6) is 5.75 Å². The molecule has 0 aromatic heterocycles. The Hall–Kier alpha value is -2.54. The molecule has 6 nitrogen and oxygen atoms in total. The van der Waals surface area contributed by atoms with E-state index in [1.807, 2.05) is 64.1 Å². The van der Waals surface area contributed by atoms with Crippen LogP contribution in [0.25, 0.3) is 0 Å². The quantitative estimate of drug-likeness (QED) is 0.753. The molecule has 1 amide bonds. The average molecular weight is 431 g/mol. The molecule has 1 heterocycles. The number of anilines is 1. The van der Waals surface area contributed by atoms with Crippen molar-refractivity contribution in [3.63, 3.8) is 0 Å². The molecule has 1 aliphatic heterocycles. The summed E-state index contributed by atoms with van der Waals surface area (Å²) in [5.41, 5.74) is 1.96. The van der Waals surface area contributed by atoms with Gasteiger partial charge in [-0.05, 0) is 45.4 Å². The van der Waals surface area contributed by atoms with Crippen LogP contribution in [-0.4, -0.2) is 32.2 Å². The van der Waals surface area contributed by atoms with Gasteiger partial charge in [-0.25, -0.2) is 8.42 Å². The highest BCUT2D eigenvalue weighted by Gasteiger charge is 2.37. The molecule has 0 spiro atoms. The summed E-state index contributed by atoms with van der Waals surface area (Å²) in [6, 6.07) is 13.7. The molecule has 2 atom stereocenters. The van der Waals surface area contributed by atoms with E-state index in [1.54, 1.807) is 12.1 Å². The van der Waals surface area contributed by atoms with Crippen LogP contribution >= 0.6 is 0 Å². The fourth-order valence-electron chi connectivity index (χ4n) is 3.95. The van der Waals surface area contributed by atoms with Crippen molar-refractivity contribution in [2.24, 2.45) is 0 Å². The van der Waals surface area contributed by atoms with E-state index in [-0.39, 0.29) is 11.9 Å². The van der Waals surface area contributed by atoms with Gasteiger partial charge in [-0.15, -0.1) is 0 Å². The number of rotatable bonds is 6. The summed E-state index contributed by atoms with van der Waals surface area (Å²) in [7, 11) is -3.66. The zero-order chi connectivity index (χ0) is 22.1. The van der Waals surface area contributed by atoms with Crippen molar-refractivity contribution >= 4 is 21.6 Å². The molecule has 0 saturated heterocycles. The van der Waals surface area contributed by atoms with Gasteiger partial charge in [0.2, 0.25) is 15.9 Å². The summed E-state index contributed by atoms with van der Waals surface area (Å²) in [5, 5.41) is 3.09. The lowest BCUT2D eigenvalue weighted by molar-refractivity contribution is -0.123. The van der Waals surface area contributed by atoms with Crippen molar-refractivity contribution in [2.75, 3.05) is 10.6 Å². The second-order valence-corrected chi connectivity index (χ2v) is 10.3. The third-order valence-corrected chi connectivity index (χ3v) is 6.49.